The van der Waals surface area contributed by atoms with Crippen molar-refractivity contribution in [2.24, 2.45) is 0 Å². The molecular weight excluding hydrogens is 230 g/mol. The molecule has 0 aromatic carbocycles. The highest BCUT2D eigenvalue weighted by molar-refractivity contribution is 8.00. The van der Waals surface area contributed by atoms with Gasteiger partial charge in [-0.1, -0.05) is 13.3 Å². The van der Waals surface area contributed by atoms with E-state index in [2.05, 4.69) is 0 Å². The van der Waals surface area contributed by atoms with Crippen LogP contribution in [0.25, 0.3) is 0 Å². The first kappa shape index (κ1) is 15.2. The summed E-state index contributed by atoms with van der Waals surface area (Å²) < 4.78 is 0. The Bertz CT molecular complexity index is 223. The average molecular weight is 249 g/mol. The molecule has 94 valence electrons. The summed E-state index contributed by atoms with van der Waals surface area (Å²) in [6.07, 6.45) is 1.88. The van der Waals surface area contributed by atoms with Gasteiger partial charge in [0.25, 0.3) is 0 Å². The van der Waals surface area contributed by atoms with Crippen LogP contribution in [-0.4, -0.2) is 58.2 Å². The Morgan fingerprint density at radius 3 is 2.44 bits per heavy atom. The van der Waals surface area contributed by atoms with Gasteiger partial charge in [0.2, 0.25) is 5.91 Å². The highest BCUT2D eigenvalue weighted by Gasteiger charge is 2.12. The predicted molar refractivity (Wildman–Crippen MR) is 63.5 cm³/mol. The van der Waals surface area contributed by atoms with E-state index in [1.54, 1.807) is 4.90 Å². The summed E-state index contributed by atoms with van der Waals surface area (Å²) in [6, 6.07) is 0. The van der Waals surface area contributed by atoms with Crippen LogP contribution in [0.3, 0.4) is 0 Å². The number of nitrogens with zero attached hydrogens (tertiary/aromatic N) is 1. The van der Waals surface area contributed by atoms with Crippen LogP contribution in [0.5, 0.6) is 0 Å². The normalized spacial score (nSPS) is 10.1. The molecule has 0 saturated heterocycles. The first-order valence-electron chi connectivity index (χ1n) is 5.30. The number of rotatable bonds is 9. The molecule has 0 spiro atoms. The minimum atomic E-state index is -0.917. The van der Waals surface area contributed by atoms with Gasteiger partial charge in [0.1, 0.15) is 0 Å². The van der Waals surface area contributed by atoms with Crippen molar-refractivity contribution in [2.45, 2.75) is 19.8 Å². The lowest BCUT2D eigenvalue weighted by atomic mass is 10.3. The number of thioether (sulfide) groups is 1. The SMILES string of the molecule is CCCCN(CCO)C(=O)CSCC(=O)O. The second-order valence-corrected chi connectivity index (χ2v) is 4.33. The fourth-order valence-corrected chi connectivity index (χ4v) is 1.78. The number of hydrogen-bond donors (Lipinski definition) is 2. The van der Waals surface area contributed by atoms with E-state index in [-0.39, 0.29) is 24.0 Å². The van der Waals surface area contributed by atoms with E-state index >= 15 is 0 Å². The molecule has 5 nitrogen and oxygen atoms in total. The van der Waals surface area contributed by atoms with Gasteiger partial charge in [-0.2, -0.15) is 0 Å². The summed E-state index contributed by atoms with van der Waals surface area (Å²) in [4.78, 5) is 23.5. The number of hydrogen-bond acceptors (Lipinski definition) is 4. The number of aliphatic carboxylic acids is 1. The quantitative estimate of drug-likeness (QED) is 0.619. The Morgan fingerprint density at radius 1 is 1.25 bits per heavy atom. The zero-order chi connectivity index (χ0) is 12.4. The summed E-state index contributed by atoms with van der Waals surface area (Å²) in [6.45, 7) is 2.93. The molecule has 2 N–H and O–H groups in total. The van der Waals surface area contributed by atoms with Crippen molar-refractivity contribution in [2.75, 3.05) is 31.2 Å². The van der Waals surface area contributed by atoms with Crippen LogP contribution >= 0.6 is 11.8 Å². The first-order valence-corrected chi connectivity index (χ1v) is 6.45. The molecule has 0 saturated carbocycles. The molecule has 16 heavy (non-hydrogen) atoms. The van der Waals surface area contributed by atoms with Crippen LogP contribution in [0, 0.1) is 0 Å². The maximum Gasteiger partial charge on any atom is 0.313 e. The average Bonchev–Trinajstić information content (AvgIpc) is 2.23. The van der Waals surface area contributed by atoms with Gasteiger partial charge < -0.3 is 15.1 Å². The zero-order valence-electron chi connectivity index (χ0n) is 9.52. The van der Waals surface area contributed by atoms with E-state index in [1.807, 2.05) is 6.92 Å². The summed E-state index contributed by atoms with van der Waals surface area (Å²) in [5.41, 5.74) is 0. The third-order valence-corrected chi connectivity index (χ3v) is 2.86. The van der Waals surface area contributed by atoms with Crippen LogP contribution in [0.1, 0.15) is 19.8 Å². The van der Waals surface area contributed by atoms with Crippen LogP contribution in [0.4, 0.5) is 0 Å². The highest BCUT2D eigenvalue weighted by Crippen LogP contribution is 2.04. The van der Waals surface area contributed by atoms with E-state index in [1.165, 1.54) is 0 Å². The number of aliphatic hydroxyl groups excluding tert-OH is 1. The lowest BCUT2D eigenvalue weighted by molar-refractivity contribution is -0.133. The molecule has 0 heterocycles. The monoisotopic (exact) mass is 249 g/mol. The van der Waals surface area contributed by atoms with Crippen LogP contribution < -0.4 is 0 Å². The molecule has 0 unspecified atom stereocenters. The van der Waals surface area contributed by atoms with Crippen molar-refractivity contribution in [3.63, 3.8) is 0 Å². The zero-order valence-corrected chi connectivity index (χ0v) is 10.3. The molecule has 0 aromatic rings. The number of carboxylic acids is 1. The van der Waals surface area contributed by atoms with Gasteiger partial charge in [-0.25, -0.2) is 0 Å². The molecule has 0 bridgehead atoms. The maximum atomic E-state index is 11.6. The number of carboxylic acid groups (broad SMARTS) is 1. The molecule has 0 fully saturated rings. The van der Waals surface area contributed by atoms with Crippen molar-refractivity contribution >= 4 is 23.6 Å². The summed E-state index contributed by atoms with van der Waals surface area (Å²) >= 11 is 1.08. The molecule has 0 aromatic heterocycles. The summed E-state index contributed by atoms with van der Waals surface area (Å²) in [5, 5.41) is 17.2. The molecule has 0 radical (unpaired) electrons. The van der Waals surface area contributed by atoms with Crippen molar-refractivity contribution in [1.82, 2.24) is 4.90 Å². The lowest BCUT2D eigenvalue weighted by Gasteiger charge is -2.21. The second kappa shape index (κ2) is 9.47. The highest BCUT2D eigenvalue weighted by atomic mass is 32.2. The molecule has 0 aliphatic carbocycles. The van der Waals surface area contributed by atoms with E-state index < -0.39 is 5.97 Å². The minimum Gasteiger partial charge on any atom is -0.481 e. The molecule has 1 amide bonds. The van der Waals surface area contributed by atoms with Gasteiger partial charge in [-0.05, 0) is 6.42 Å². The Labute approximate surface area is 99.8 Å². The first-order chi connectivity index (χ1) is 7.61. The minimum absolute atomic E-state index is 0.0565. The third-order valence-electron chi connectivity index (χ3n) is 1.96. The van der Waals surface area contributed by atoms with Gasteiger partial charge in [-0.15, -0.1) is 11.8 Å². The Kier molecular flexibility index (Phi) is 9.03. The van der Waals surface area contributed by atoms with Gasteiger partial charge in [0.15, 0.2) is 0 Å². The fraction of sp³-hybridized carbons (Fsp3) is 0.800. The van der Waals surface area contributed by atoms with Crippen LogP contribution in [0.15, 0.2) is 0 Å². The summed E-state index contributed by atoms with van der Waals surface area (Å²) in [7, 11) is 0. The molecule has 6 heteroatoms. The van der Waals surface area contributed by atoms with Crippen molar-refractivity contribution in [1.29, 1.82) is 0 Å². The lowest BCUT2D eigenvalue weighted by Crippen LogP contribution is -2.35. The van der Waals surface area contributed by atoms with Gasteiger partial charge in [0, 0.05) is 13.1 Å². The third kappa shape index (κ3) is 7.53. The van der Waals surface area contributed by atoms with Crippen molar-refractivity contribution in [3.8, 4) is 0 Å². The van der Waals surface area contributed by atoms with E-state index in [4.69, 9.17) is 10.2 Å². The standard InChI is InChI=1S/C10H19NO4S/c1-2-3-4-11(5-6-12)9(13)7-16-8-10(14)15/h12H,2-8H2,1H3,(H,14,15). The topological polar surface area (TPSA) is 77.8 Å². The van der Waals surface area contributed by atoms with E-state index in [0.29, 0.717) is 13.1 Å². The van der Waals surface area contributed by atoms with Gasteiger partial charge >= 0.3 is 5.97 Å². The van der Waals surface area contributed by atoms with E-state index in [0.717, 1.165) is 24.6 Å². The number of amides is 1. The Morgan fingerprint density at radius 2 is 1.94 bits per heavy atom. The van der Waals surface area contributed by atoms with E-state index in [9.17, 15) is 9.59 Å². The largest absolute Gasteiger partial charge is 0.481 e. The van der Waals surface area contributed by atoms with Crippen molar-refractivity contribution in [3.05, 3.63) is 0 Å². The number of unbranched alkanes of at least 4 members (excludes halogenated alkanes) is 1. The number of aliphatic hydroxyl groups is 1. The number of carbonyl (C=O) groups excluding carboxylic acids is 1. The van der Waals surface area contributed by atoms with Crippen molar-refractivity contribution < 1.29 is 19.8 Å². The Balaban J connectivity index is 3.90. The smallest absolute Gasteiger partial charge is 0.313 e. The van der Waals surface area contributed by atoms with Crippen LogP contribution in [-0.2, 0) is 9.59 Å². The Hall–Kier alpha value is -0.750. The van der Waals surface area contributed by atoms with Crippen LogP contribution in [0.2, 0.25) is 0 Å². The van der Waals surface area contributed by atoms with Gasteiger partial charge in [-0.3, -0.25) is 9.59 Å². The number of carbonyl (C=O) groups is 2. The molecule has 0 atom stereocenters. The second-order valence-electron chi connectivity index (χ2n) is 3.34. The fourth-order valence-electron chi connectivity index (χ4n) is 1.15. The van der Waals surface area contributed by atoms with Gasteiger partial charge in [0.05, 0.1) is 18.1 Å². The summed E-state index contributed by atoms with van der Waals surface area (Å²) in [5.74, 6) is -0.920. The predicted octanol–water partition coefficient (Wildman–Crippen LogP) is 0.425. The molecule has 0 aliphatic heterocycles. The molecular formula is C10H19NO4S. The maximum absolute atomic E-state index is 11.6. The molecule has 0 rings (SSSR count). The molecule has 0 aliphatic rings.